The van der Waals surface area contributed by atoms with Gasteiger partial charge in [0, 0.05) is 31.5 Å². The van der Waals surface area contributed by atoms with Crippen molar-refractivity contribution in [3.8, 4) is 5.75 Å². The van der Waals surface area contributed by atoms with Crippen molar-refractivity contribution in [3.05, 3.63) is 65.6 Å². The molecular weight excluding hydrogens is 402 g/mol. The van der Waals surface area contributed by atoms with Crippen molar-refractivity contribution in [1.82, 2.24) is 14.8 Å². The van der Waals surface area contributed by atoms with Crippen LogP contribution >= 0.6 is 0 Å². The lowest BCUT2D eigenvalue weighted by Gasteiger charge is -2.31. The fourth-order valence-corrected chi connectivity index (χ4v) is 4.76. The number of amides is 2. The van der Waals surface area contributed by atoms with Crippen molar-refractivity contribution in [1.29, 1.82) is 0 Å². The molecule has 2 heterocycles. The summed E-state index contributed by atoms with van der Waals surface area (Å²) in [5.41, 5.74) is 2.97. The summed E-state index contributed by atoms with van der Waals surface area (Å²) in [7, 11) is 1.62. The number of hydrogen-bond acceptors (Lipinski definition) is 5. The van der Waals surface area contributed by atoms with E-state index in [9.17, 15) is 9.59 Å². The third-order valence-electron chi connectivity index (χ3n) is 6.53. The Labute approximate surface area is 189 Å². The number of carbonyl (C=O) groups is 2. The van der Waals surface area contributed by atoms with Gasteiger partial charge in [0.25, 0.3) is 11.8 Å². The number of aromatic nitrogens is 1. The standard InChI is InChI=1S/C26H31N3O3/c1-3-28(18-15-19-13-16-27-17-14-19)24-23(20-9-11-22(32-2)12-10-20)25(30)29(26(24)31)21-7-5-4-6-8-21/h9-14,16-17,21H,3-8,15,18H2,1-2H3. The molecule has 2 aliphatic rings. The first-order valence-electron chi connectivity index (χ1n) is 11.5. The van der Waals surface area contributed by atoms with Crippen LogP contribution in [0.15, 0.2) is 54.5 Å². The summed E-state index contributed by atoms with van der Waals surface area (Å²) < 4.78 is 5.29. The third kappa shape index (κ3) is 4.40. The average Bonchev–Trinajstić information content (AvgIpc) is 3.10. The second kappa shape index (κ2) is 9.98. The van der Waals surface area contributed by atoms with Gasteiger partial charge in [-0.25, -0.2) is 0 Å². The van der Waals surface area contributed by atoms with E-state index in [0.717, 1.165) is 49.0 Å². The van der Waals surface area contributed by atoms with Crippen LogP contribution in [0.3, 0.4) is 0 Å². The maximum atomic E-state index is 13.7. The van der Waals surface area contributed by atoms with Crippen LogP contribution in [0.1, 0.15) is 50.2 Å². The summed E-state index contributed by atoms with van der Waals surface area (Å²) >= 11 is 0. The van der Waals surface area contributed by atoms with Crippen molar-refractivity contribution in [3.63, 3.8) is 0 Å². The number of methoxy groups -OCH3 is 1. The molecule has 0 spiro atoms. The normalized spacial score (nSPS) is 17.2. The second-order valence-electron chi connectivity index (χ2n) is 8.41. The van der Waals surface area contributed by atoms with Crippen LogP contribution in [0, 0.1) is 0 Å². The minimum atomic E-state index is -0.163. The molecule has 0 unspecified atom stereocenters. The van der Waals surface area contributed by atoms with Gasteiger partial charge in [0.1, 0.15) is 11.4 Å². The van der Waals surface area contributed by atoms with Crippen LogP contribution in [0.4, 0.5) is 0 Å². The van der Waals surface area contributed by atoms with Crippen LogP contribution < -0.4 is 4.74 Å². The highest BCUT2D eigenvalue weighted by atomic mass is 16.5. The highest BCUT2D eigenvalue weighted by Gasteiger charge is 2.44. The van der Waals surface area contributed by atoms with Gasteiger partial charge in [0.15, 0.2) is 0 Å². The van der Waals surface area contributed by atoms with E-state index in [1.54, 1.807) is 24.4 Å². The van der Waals surface area contributed by atoms with Gasteiger partial charge in [0.05, 0.1) is 12.7 Å². The van der Waals surface area contributed by atoms with Gasteiger partial charge in [-0.1, -0.05) is 31.4 Å². The second-order valence-corrected chi connectivity index (χ2v) is 8.41. The summed E-state index contributed by atoms with van der Waals surface area (Å²) in [6.45, 7) is 3.34. The minimum Gasteiger partial charge on any atom is -0.497 e. The minimum absolute atomic E-state index is 0.00611. The molecule has 0 saturated heterocycles. The topological polar surface area (TPSA) is 62.7 Å². The Morgan fingerprint density at radius 2 is 1.69 bits per heavy atom. The predicted octanol–water partition coefficient (Wildman–Crippen LogP) is 4.07. The van der Waals surface area contributed by atoms with E-state index in [1.807, 2.05) is 43.3 Å². The highest BCUT2D eigenvalue weighted by Crippen LogP contribution is 2.36. The first kappa shape index (κ1) is 22.1. The van der Waals surface area contributed by atoms with Crippen molar-refractivity contribution >= 4 is 17.4 Å². The van der Waals surface area contributed by atoms with E-state index < -0.39 is 0 Å². The number of hydrogen-bond donors (Lipinski definition) is 0. The van der Waals surface area contributed by atoms with Crippen LogP contribution in [0.2, 0.25) is 0 Å². The fourth-order valence-electron chi connectivity index (χ4n) is 4.76. The highest BCUT2D eigenvalue weighted by molar-refractivity contribution is 6.35. The third-order valence-corrected chi connectivity index (χ3v) is 6.53. The first-order chi connectivity index (χ1) is 15.6. The average molecular weight is 434 g/mol. The SMILES string of the molecule is CCN(CCc1ccncc1)C1=C(c2ccc(OC)cc2)C(=O)N(C2CCCCC2)C1=O. The zero-order valence-corrected chi connectivity index (χ0v) is 18.9. The Bertz CT molecular complexity index is 979. The van der Waals surface area contributed by atoms with E-state index in [2.05, 4.69) is 9.88 Å². The number of rotatable bonds is 8. The van der Waals surface area contributed by atoms with Gasteiger partial charge in [-0.2, -0.15) is 0 Å². The van der Waals surface area contributed by atoms with E-state index in [1.165, 1.54) is 6.42 Å². The zero-order valence-electron chi connectivity index (χ0n) is 18.9. The van der Waals surface area contributed by atoms with Gasteiger partial charge in [-0.3, -0.25) is 19.5 Å². The van der Waals surface area contributed by atoms with Crippen molar-refractivity contribution in [2.45, 2.75) is 51.5 Å². The molecule has 32 heavy (non-hydrogen) atoms. The molecule has 2 aromatic rings. The summed E-state index contributed by atoms with van der Waals surface area (Å²) in [6.07, 6.45) is 9.42. The molecule has 1 aliphatic carbocycles. The number of nitrogens with zero attached hydrogens (tertiary/aromatic N) is 3. The molecule has 1 aromatic heterocycles. The molecule has 1 aromatic carbocycles. The van der Waals surface area contributed by atoms with Gasteiger partial charge >= 0.3 is 0 Å². The maximum Gasteiger partial charge on any atom is 0.278 e. The van der Waals surface area contributed by atoms with Gasteiger partial charge in [-0.15, -0.1) is 0 Å². The van der Waals surface area contributed by atoms with Gasteiger partial charge in [0.2, 0.25) is 0 Å². The van der Waals surface area contributed by atoms with Crippen molar-refractivity contribution in [2.75, 3.05) is 20.2 Å². The van der Waals surface area contributed by atoms with Crippen LogP contribution in [0.25, 0.3) is 5.57 Å². The van der Waals surface area contributed by atoms with E-state index >= 15 is 0 Å². The largest absolute Gasteiger partial charge is 0.497 e. The Morgan fingerprint density at radius 1 is 1.00 bits per heavy atom. The molecule has 6 heteroatoms. The molecular formula is C26H31N3O3. The molecule has 168 valence electrons. The molecule has 1 fully saturated rings. The smallest absolute Gasteiger partial charge is 0.278 e. The lowest BCUT2D eigenvalue weighted by atomic mass is 9.94. The number of imide groups is 1. The number of ether oxygens (including phenoxy) is 1. The number of carbonyl (C=O) groups excluding carboxylic acids is 2. The van der Waals surface area contributed by atoms with Crippen LogP contribution in [-0.4, -0.2) is 52.8 Å². The molecule has 2 amide bonds. The maximum absolute atomic E-state index is 13.7. The number of pyridine rings is 1. The van der Waals surface area contributed by atoms with Gasteiger partial charge in [-0.05, 0) is 61.6 Å². The lowest BCUT2D eigenvalue weighted by molar-refractivity contribution is -0.141. The monoisotopic (exact) mass is 433 g/mol. The van der Waals surface area contributed by atoms with Crippen molar-refractivity contribution in [2.24, 2.45) is 0 Å². The predicted molar refractivity (Wildman–Crippen MR) is 124 cm³/mol. The quantitative estimate of drug-likeness (QED) is 0.588. The zero-order chi connectivity index (χ0) is 22.5. The Hall–Kier alpha value is -3.15. The van der Waals surface area contributed by atoms with Gasteiger partial charge < -0.3 is 9.64 Å². The van der Waals surface area contributed by atoms with Crippen molar-refractivity contribution < 1.29 is 14.3 Å². The summed E-state index contributed by atoms with van der Waals surface area (Å²) in [6, 6.07) is 11.4. The molecule has 4 rings (SSSR count). The number of likely N-dealkylation sites (N-methyl/N-ethyl adjacent to an activating group) is 1. The van der Waals surface area contributed by atoms with E-state index in [0.29, 0.717) is 24.4 Å². The molecule has 0 bridgehead atoms. The molecule has 6 nitrogen and oxygen atoms in total. The fraction of sp³-hybridized carbons (Fsp3) is 0.423. The first-order valence-corrected chi connectivity index (χ1v) is 11.5. The van der Waals surface area contributed by atoms with E-state index in [4.69, 9.17) is 4.74 Å². The van der Waals surface area contributed by atoms with Crippen LogP contribution in [0.5, 0.6) is 5.75 Å². The summed E-state index contributed by atoms with van der Waals surface area (Å²) in [4.78, 5) is 35.0. The van der Waals surface area contributed by atoms with E-state index in [-0.39, 0.29) is 17.9 Å². The lowest BCUT2D eigenvalue weighted by Crippen LogP contribution is -2.43. The molecule has 0 radical (unpaired) electrons. The summed E-state index contributed by atoms with van der Waals surface area (Å²) in [5.74, 6) is 0.413. The molecule has 1 saturated carbocycles. The number of benzene rings is 1. The Balaban J connectivity index is 1.70. The molecule has 0 atom stereocenters. The Kier molecular flexibility index (Phi) is 6.88. The molecule has 1 aliphatic heterocycles. The molecule has 0 N–H and O–H groups in total. The van der Waals surface area contributed by atoms with Crippen LogP contribution in [-0.2, 0) is 16.0 Å². The Morgan fingerprint density at radius 3 is 2.31 bits per heavy atom. The summed E-state index contributed by atoms with van der Waals surface area (Å²) in [5, 5.41) is 0.